The summed E-state index contributed by atoms with van der Waals surface area (Å²) in [4.78, 5) is 16.3. The number of rotatable bonds is 3. The summed E-state index contributed by atoms with van der Waals surface area (Å²) in [5, 5.41) is 10.2. The van der Waals surface area contributed by atoms with Crippen LogP contribution in [0.4, 0.5) is 0 Å². The first kappa shape index (κ1) is 13.4. The molecule has 2 heterocycles. The van der Waals surface area contributed by atoms with Gasteiger partial charge in [0.25, 0.3) is 0 Å². The van der Waals surface area contributed by atoms with Crippen molar-refractivity contribution in [1.82, 2.24) is 9.55 Å². The second-order valence-corrected chi connectivity index (χ2v) is 5.86. The molecule has 7 heteroatoms. The van der Waals surface area contributed by atoms with Gasteiger partial charge in [-0.05, 0) is 23.8 Å². The molecule has 0 fully saturated rings. The average molecular weight is 327 g/mol. The van der Waals surface area contributed by atoms with Gasteiger partial charge in [0.15, 0.2) is 0 Å². The Balaban J connectivity index is 2.08. The molecule has 1 aromatic carbocycles. The molecule has 0 bridgehead atoms. The molecule has 0 radical (unpaired) electrons. The van der Waals surface area contributed by atoms with Gasteiger partial charge in [-0.25, -0.2) is 9.78 Å². The fourth-order valence-electron chi connectivity index (χ4n) is 2.02. The first-order chi connectivity index (χ1) is 9.56. The van der Waals surface area contributed by atoms with Gasteiger partial charge < -0.3 is 9.67 Å². The van der Waals surface area contributed by atoms with Crippen molar-refractivity contribution in [2.75, 3.05) is 0 Å². The van der Waals surface area contributed by atoms with Crippen LogP contribution in [0.2, 0.25) is 10.0 Å². The molecule has 0 unspecified atom stereocenters. The lowest BCUT2D eigenvalue weighted by atomic mass is 10.2. The lowest BCUT2D eigenvalue weighted by Crippen LogP contribution is -2.08. The van der Waals surface area contributed by atoms with E-state index in [-0.39, 0.29) is 5.69 Å². The van der Waals surface area contributed by atoms with E-state index in [1.165, 1.54) is 11.3 Å². The molecule has 3 aromatic rings. The molecule has 0 amide bonds. The van der Waals surface area contributed by atoms with Crippen molar-refractivity contribution in [2.45, 2.75) is 6.54 Å². The number of carbonyl (C=O) groups is 1. The molecular weight excluding hydrogens is 319 g/mol. The highest BCUT2D eigenvalue weighted by molar-refractivity contribution is 7.16. The first-order valence-electron chi connectivity index (χ1n) is 5.66. The van der Waals surface area contributed by atoms with Crippen LogP contribution in [0.25, 0.3) is 10.3 Å². The van der Waals surface area contributed by atoms with Crippen molar-refractivity contribution in [2.24, 2.45) is 0 Å². The third-order valence-corrected chi connectivity index (χ3v) is 4.53. The van der Waals surface area contributed by atoms with Crippen LogP contribution in [0.3, 0.4) is 0 Å². The van der Waals surface area contributed by atoms with E-state index in [1.54, 1.807) is 28.3 Å². The lowest BCUT2D eigenvalue weighted by molar-refractivity contribution is 0.0686. The number of nitrogens with zero attached hydrogens (tertiary/aromatic N) is 2. The van der Waals surface area contributed by atoms with Crippen LogP contribution in [0, 0.1) is 0 Å². The van der Waals surface area contributed by atoms with E-state index >= 15 is 0 Å². The van der Waals surface area contributed by atoms with E-state index in [1.807, 2.05) is 6.07 Å². The van der Waals surface area contributed by atoms with Crippen LogP contribution in [0.1, 0.15) is 16.1 Å². The zero-order valence-electron chi connectivity index (χ0n) is 10.0. The maximum Gasteiger partial charge on any atom is 0.352 e. The summed E-state index contributed by atoms with van der Waals surface area (Å²) in [5.74, 6) is -0.977. The minimum atomic E-state index is -0.977. The number of halogens is 2. The molecule has 0 atom stereocenters. The molecule has 0 spiro atoms. The zero-order valence-corrected chi connectivity index (χ0v) is 12.3. The molecule has 0 saturated carbocycles. The molecule has 20 heavy (non-hydrogen) atoms. The Morgan fingerprint density at radius 1 is 1.30 bits per heavy atom. The van der Waals surface area contributed by atoms with E-state index in [0.717, 1.165) is 10.4 Å². The molecule has 0 saturated heterocycles. The summed E-state index contributed by atoms with van der Waals surface area (Å²) in [6.07, 6.45) is 0. The second-order valence-electron chi connectivity index (χ2n) is 4.21. The van der Waals surface area contributed by atoms with Crippen LogP contribution in [-0.4, -0.2) is 20.6 Å². The van der Waals surface area contributed by atoms with E-state index in [0.29, 0.717) is 22.1 Å². The second kappa shape index (κ2) is 5.09. The van der Waals surface area contributed by atoms with Crippen molar-refractivity contribution in [3.63, 3.8) is 0 Å². The first-order valence-corrected chi connectivity index (χ1v) is 7.30. The molecule has 0 aliphatic rings. The van der Waals surface area contributed by atoms with Gasteiger partial charge in [-0.15, -0.1) is 11.3 Å². The van der Waals surface area contributed by atoms with Crippen molar-refractivity contribution >= 4 is 50.9 Å². The van der Waals surface area contributed by atoms with Crippen LogP contribution >= 0.6 is 34.5 Å². The smallest absolute Gasteiger partial charge is 0.352 e. The number of carboxylic acid groups (broad SMARTS) is 1. The fraction of sp³-hybridized carbons (Fsp3) is 0.0769. The predicted octanol–water partition coefficient (Wildman–Crippen LogP) is 4.15. The van der Waals surface area contributed by atoms with Crippen molar-refractivity contribution in [3.8, 4) is 0 Å². The monoisotopic (exact) mass is 326 g/mol. The average Bonchev–Trinajstić information content (AvgIpc) is 2.96. The van der Waals surface area contributed by atoms with E-state index in [9.17, 15) is 9.90 Å². The molecule has 3 rings (SSSR count). The molecule has 0 aliphatic carbocycles. The molecule has 1 N–H and O–H groups in total. The largest absolute Gasteiger partial charge is 0.477 e. The minimum absolute atomic E-state index is 0.213. The van der Waals surface area contributed by atoms with Crippen molar-refractivity contribution < 1.29 is 9.90 Å². The molecule has 0 aliphatic heterocycles. The normalized spacial score (nSPS) is 11.1. The lowest BCUT2D eigenvalue weighted by Gasteiger charge is -2.08. The third-order valence-electron chi connectivity index (χ3n) is 2.93. The van der Waals surface area contributed by atoms with E-state index in [4.69, 9.17) is 23.2 Å². The quantitative estimate of drug-likeness (QED) is 0.786. The third kappa shape index (κ3) is 2.28. The summed E-state index contributed by atoms with van der Waals surface area (Å²) in [5.41, 5.74) is 3.48. The van der Waals surface area contributed by atoms with Gasteiger partial charge in [-0.1, -0.05) is 29.3 Å². The summed E-state index contributed by atoms with van der Waals surface area (Å²) < 4.78 is 1.72. The van der Waals surface area contributed by atoms with Gasteiger partial charge >= 0.3 is 5.97 Å². The molecular formula is C13H8Cl2N2O2S. The number of carboxylic acids is 1. The van der Waals surface area contributed by atoms with Crippen LogP contribution in [-0.2, 0) is 6.54 Å². The molecule has 2 aromatic heterocycles. The fourth-order valence-corrected chi connectivity index (χ4v) is 3.13. The Kier molecular flexibility index (Phi) is 3.41. The van der Waals surface area contributed by atoms with Crippen LogP contribution < -0.4 is 0 Å². The summed E-state index contributed by atoms with van der Waals surface area (Å²) in [6, 6.07) is 6.84. The van der Waals surface area contributed by atoms with Gasteiger partial charge in [0, 0.05) is 6.54 Å². The highest BCUT2D eigenvalue weighted by Crippen LogP contribution is 2.27. The Morgan fingerprint density at radius 3 is 2.80 bits per heavy atom. The molecule has 4 nitrogen and oxygen atoms in total. The standard InChI is InChI=1S/C13H8Cl2N2O2S/c14-8-2-1-7(3-9(8)15)5-17-11(13(18)19)4-10-12(17)20-6-16-10/h1-4,6H,5H2,(H,18,19). The highest BCUT2D eigenvalue weighted by Gasteiger charge is 2.16. The summed E-state index contributed by atoms with van der Waals surface area (Å²) in [7, 11) is 0. The van der Waals surface area contributed by atoms with Gasteiger partial charge in [0.05, 0.1) is 15.6 Å². The Morgan fingerprint density at radius 2 is 2.10 bits per heavy atom. The van der Waals surface area contributed by atoms with E-state index < -0.39 is 5.97 Å². The van der Waals surface area contributed by atoms with Gasteiger partial charge in [-0.2, -0.15) is 0 Å². The minimum Gasteiger partial charge on any atom is -0.477 e. The van der Waals surface area contributed by atoms with Gasteiger partial charge in [-0.3, -0.25) is 0 Å². The number of hydrogen-bond acceptors (Lipinski definition) is 3. The van der Waals surface area contributed by atoms with Gasteiger partial charge in [0.1, 0.15) is 16.0 Å². The van der Waals surface area contributed by atoms with Crippen molar-refractivity contribution in [1.29, 1.82) is 0 Å². The number of aromatic nitrogens is 2. The zero-order chi connectivity index (χ0) is 14.3. The van der Waals surface area contributed by atoms with Crippen LogP contribution in [0.5, 0.6) is 0 Å². The number of fused-ring (bicyclic) bond motifs is 1. The number of hydrogen-bond donors (Lipinski definition) is 1. The maximum absolute atomic E-state index is 11.3. The topological polar surface area (TPSA) is 55.1 Å². The highest BCUT2D eigenvalue weighted by atomic mass is 35.5. The Bertz CT molecular complexity index is 810. The maximum atomic E-state index is 11.3. The SMILES string of the molecule is O=C(O)c1cc2ncsc2n1Cc1ccc(Cl)c(Cl)c1. The van der Waals surface area contributed by atoms with Gasteiger partial charge in [0.2, 0.25) is 0 Å². The van der Waals surface area contributed by atoms with Crippen LogP contribution in [0.15, 0.2) is 29.8 Å². The Hall–Kier alpha value is -1.56. The number of thiazole rings is 1. The summed E-state index contributed by atoms with van der Waals surface area (Å²) >= 11 is 13.3. The van der Waals surface area contributed by atoms with E-state index in [2.05, 4.69) is 4.98 Å². The predicted molar refractivity (Wildman–Crippen MR) is 80.1 cm³/mol. The Labute approximate surface area is 128 Å². The molecule has 102 valence electrons. The number of aromatic carboxylic acids is 1. The van der Waals surface area contributed by atoms with Crippen molar-refractivity contribution in [3.05, 3.63) is 51.1 Å². The summed E-state index contributed by atoms with van der Waals surface area (Å²) in [6.45, 7) is 0.407. The number of benzene rings is 1.